The van der Waals surface area contributed by atoms with Gasteiger partial charge in [0.1, 0.15) is 11.6 Å². The predicted molar refractivity (Wildman–Crippen MR) is 52.8 cm³/mol. The van der Waals surface area contributed by atoms with Crippen molar-refractivity contribution in [1.29, 1.82) is 0 Å². The maximum atomic E-state index is 13.3. The highest BCUT2D eigenvalue weighted by molar-refractivity contribution is 5.46. The van der Waals surface area contributed by atoms with Crippen LogP contribution in [0.1, 0.15) is 30.5 Å². The highest BCUT2D eigenvalue weighted by Crippen LogP contribution is 2.35. The van der Waals surface area contributed by atoms with Gasteiger partial charge in [0.05, 0.1) is 6.61 Å². The number of ether oxygens (including phenoxy) is 1. The topological polar surface area (TPSA) is 35.2 Å². The fourth-order valence-electron chi connectivity index (χ4n) is 1.79. The summed E-state index contributed by atoms with van der Waals surface area (Å²) in [5.41, 5.74) is 7.53. The number of hydrogen-bond donors (Lipinski definition) is 1. The minimum atomic E-state index is -0.176. The van der Waals surface area contributed by atoms with Crippen molar-refractivity contribution in [3.8, 4) is 5.75 Å². The van der Waals surface area contributed by atoms with Crippen molar-refractivity contribution in [2.45, 2.75) is 25.8 Å². The van der Waals surface area contributed by atoms with Gasteiger partial charge in [0.2, 0.25) is 0 Å². The zero-order valence-corrected chi connectivity index (χ0v) is 8.22. The smallest absolute Gasteiger partial charge is 0.130 e. The molecule has 1 heterocycles. The lowest BCUT2D eigenvalue weighted by molar-refractivity contribution is 0.351. The standard InChI is InChI=1S/C11H14FNO/c1-2-10(13)8-3-4-9(12)7-5-6-14-11(7)8/h3-4,10H,2,5-6,13H2,1H3. The number of benzene rings is 1. The second kappa shape index (κ2) is 3.58. The molecule has 1 aliphatic heterocycles. The van der Waals surface area contributed by atoms with Crippen LogP contribution in [-0.2, 0) is 6.42 Å². The Morgan fingerprint density at radius 2 is 2.36 bits per heavy atom. The number of nitrogens with two attached hydrogens (primary N) is 1. The molecular formula is C11H14FNO. The molecule has 1 aliphatic rings. The van der Waals surface area contributed by atoms with Crippen molar-refractivity contribution in [2.75, 3.05) is 6.61 Å². The summed E-state index contributed by atoms with van der Waals surface area (Å²) in [4.78, 5) is 0. The Morgan fingerprint density at radius 3 is 3.07 bits per heavy atom. The van der Waals surface area contributed by atoms with Gasteiger partial charge in [-0.25, -0.2) is 4.39 Å². The Balaban J connectivity index is 2.48. The minimum Gasteiger partial charge on any atom is -0.492 e. The molecule has 0 saturated heterocycles. The fraction of sp³-hybridized carbons (Fsp3) is 0.455. The molecule has 14 heavy (non-hydrogen) atoms. The Labute approximate surface area is 82.9 Å². The highest BCUT2D eigenvalue weighted by atomic mass is 19.1. The van der Waals surface area contributed by atoms with E-state index in [9.17, 15) is 4.39 Å². The monoisotopic (exact) mass is 195 g/mol. The summed E-state index contributed by atoms with van der Waals surface area (Å²) in [6, 6.07) is 3.16. The van der Waals surface area contributed by atoms with E-state index in [0.29, 0.717) is 24.3 Å². The number of rotatable bonds is 2. The van der Waals surface area contributed by atoms with E-state index in [0.717, 1.165) is 12.0 Å². The Hall–Kier alpha value is -1.09. The first-order valence-electron chi connectivity index (χ1n) is 4.93. The van der Waals surface area contributed by atoms with Gasteiger partial charge in [-0.05, 0) is 12.5 Å². The van der Waals surface area contributed by atoms with E-state index < -0.39 is 0 Å². The van der Waals surface area contributed by atoms with Crippen molar-refractivity contribution in [2.24, 2.45) is 5.73 Å². The molecule has 0 amide bonds. The quantitative estimate of drug-likeness (QED) is 0.785. The van der Waals surface area contributed by atoms with Gasteiger partial charge in [-0.3, -0.25) is 0 Å². The average Bonchev–Trinajstić information content (AvgIpc) is 2.67. The summed E-state index contributed by atoms with van der Waals surface area (Å²) >= 11 is 0. The molecule has 0 fully saturated rings. The summed E-state index contributed by atoms with van der Waals surface area (Å²) in [5, 5.41) is 0. The summed E-state index contributed by atoms with van der Waals surface area (Å²) in [5.74, 6) is 0.504. The van der Waals surface area contributed by atoms with Crippen LogP contribution in [0.15, 0.2) is 12.1 Å². The first kappa shape index (κ1) is 9.46. The molecule has 1 aromatic carbocycles. The molecule has 0 saturated carbocycles. The van der Waals surface area contributed by atoms with Gasteiger partial charge >= 0.3 is 0 Å². The van der Waals surface area contributed by atoms with Gasteiger partial charge in [-0.2, -0.15) is 0 Å². The molecule has 0 bridgehead atoms. The summed E-state index contributed by atoms with van der Waals surface area (Å²) in [7, 11) is 0. The molecule has 2 nitrogen and oxygen atoms in total. The Kier molecular flexibility index (Phi) is 2.42. The van der Waals surface area contributed by atoms with E-state index in [1.165, 1.54) is 6.07 Å². The lowest BCUT2D eigenvalue weighted by Gasteiger charge is -2.13. The van der Waals surface area contributed by atoms with Crippen LogP contribution < -0.4 is 10.5 Å². The molecule has 2 rings (SSSR count). The van der Waals surface area contributed by atoms with Gasteiger partial charge in [0.25, 0.3) is 0 Å². The molecule has 3 heteroatoms. The van der Waals surface area contributed by atoms with Crippen molar-refractivity contribution < 1.29 is 9.13 Å². The van der Waals surface area contributed by atoms with Crippen LogP contribution in [0.3, 0.4) is 0 Å². The summed E-state index contributed by atoms with van der Waals surface area (Å²) in [6.07, 6.45) is 1.49. The van der Waals surface area contributed by atoms with Gasteiger partial charge < -0.3 is 10.5 Å². The van der Waals surface area contributed by atoms with Crippen LogP contribution in [0.4, 0.5) is 4.39 Å². The van der Waals surface area contributed by atoms with Crippen LogP contribution in [0.25, 0.3) is 0 Å². The van der Waals surface area contributed by atoms with Crippen molar-refractivity contribution >= 4 is 0 Å². The largest absolute Gasteiger partial charge is 0.492 e. The molecule has 0 radical (unpaired) electrons. The maximum absolute atomic E-state index is 13.3. The molecule has 0 aromatic heterocycles. The van der Waals surface area contributed by atoms with E-state index in [1.807, 2.05) is 6.92 Å². The lowest BCUT2D eigenvalue weighted by Crippen LogP contribution is -2.10. The first-order valence-corrected chi connectivity index (χ1v) is 4.93. The third-order valence-corrected chi connectivity index (χ3v) is 2.67. The Bertz CT molecular complexity index is 351. The lowest BCUT2D eigenvalue weighted by atomic mass is 10.0. The van der Waals surface area contributed by atoms with Crippen LogP contribution in [0, 0.1) is 5.82 Å². The number of hydrogen-bond acceptors (Lipinski definition) is 2. The molecule has 76 valence electrons. The fourth-order valence-corrected chi connectivity index (χ4v) is 1.79. The molecule has 0 aliphatic carbocycles. The molecule has 1 atom stereocenters. The van der Waals surface area contributed by atoms with Gasteiger partial charge in [0.15, 0.2) is 0 Å². The van der Waals surface area contributed by atoms with Crippen molar-refractivity contribution in [3.63, 3.8) is 0 Å². The number of fused-ring (bicyclic) bond motifs is 1. The zero-order valence-electron chi connectivity index (χ0n) is 8.22. The predicted octanol–water partition coefficient (Wildman–Crippen LogP) is 2.17. The zero-order chi connectivity index (χ0) is 10.1. The van der Waals surface area contributed by atoms with Gasteiger partial charge in [-0.1, -0.05) is 13.0 Å². The highest BCUT2D eigenvalue weighted by Gasteiger charge is 2.22. The van der Waals surface area contributed by atoms with Crippen molar-refractivity contribution in [1.82, 2.24) is 0 Å². The van der Waals surface area contributed by atoms with E-state index >= 15 is 0 Å². The normalized spacial score (nSPS) is 16.2. The van der Waals surface area contributed by atoms with E-state index in [-0.39, 0.29) is 11.9 Å². The van der Waals surface area contributed by atoms with E-state index in [4.69, 9.17) is 10.5 Å². The second-order valence-corrected chi connectivity index (χ2v) is 3.56. The second-order valence-electron chi connectivity index (χ2n) is 3.56. The van der Waals surface area contributed by atoms with Crippen molar-refractivity contribution in [3.05, 3.63) is 29.1 Å². The summed E-state index contributed by atoms with van der Waals surface area (Å²) < 4.78 is 18.7. The molecule has 1 unspecified atom stereocenters. The average molecular weight is 195 g/mol. The summed E-state index contributed by atoms with van der Waals surface area (Å²) in [6.45, 7) is 2.58. The van der Waals surface area contributed by atoms with E-state index in [1.54, 1.807) is 6.07 Å². The maximum Gasteiger partial charge on any atom is 0.130 e. The molecule has 1 aromatic rings. The third kappa shape index (κ3) is 1.38. The number of halogens is 1. The minimum absolute atomic E-state index is 0.0533. The molecule has 2 N–H and O–H groups in total. The first-order chi connectivity index (χ1) is 6.74. The Morgan fingerprint density at radius 1 is 1.57 bits per heavy atom. The SMILES string of the molecule is CCC(N)c1ccc(F)c2c1OCC2. The van der Waals surface area contributed by atoms with Crippen LogP contribution in [0.5, 0.6) is 5.75 Å². The van der Waals surface area contributed by atoms with Crippen LogP contribution in [-0.4, -0.2) is 6.61 Å². The van der Waals surface area contributed by atoms with Gasteiger partial charge in [-0.15, -0.1) is 0 Å². The third-order valence-electron chi connectivity index (χ3n) is 2.67. The molecule has 0 spiro atoms. The molecular weight excluding hydrogens is 181 g/mol. The van der Waals surface area contributed by atoms with E-state index in [2.05, 4.69) is 0 Å². The van der Waals surface area contributed by atoms with Gasteiger partial charge in [0, 0.05) is 23.6 Å². The van der Waals surface area contributed by atoms with Crippen LogP contribution >= 0.6 is 0 Å². The van der Waals surface area contributed by atoms with Crippen LogP contribution in [0.2, 0.25) is 0 Å².